The summed E-state index contributed by atoms with van der Waals surface area (Å²) in [6, 6.07) is 12.0. The van der Waals surface area contributed by atoms with Crippen LogP contribution in [0.1, 0.15) is 32.3 Å². The van der Waals surface area contributed by atoms with Crippen molar-refractivity contribution in [1.82, 2.24) is 4.31 Å². The Morgan fingerprint density at radius 2 is 1.77 bits per heavy atom. The van der Waals surface area contributed by atoms with Crippen molar-refractivity contribution in [2.24, 2.45) is 5.92 Å². The molecule has 0 radical (unpaired) electrons. The molecule has 0 saturated carbocycles. The monoisotopic (exact) mass is 484 g/mol. The van der Waals surface area contributed by atoms with Gasteiger partial charge in [0.05, 0.1) is 11.9 Å². The molecule has 1 heterocycles. The number of halogens is 2. The molecule has 6 nitrogen and oxygen atoms in total. The number of nitrogens with one attached hydrogen (secondary N) is 1. The maximum Gasteiger partial charge on any atom is 0.227 e. The largest absolute Gasteiger partial charge is 0.491 e. The zero-order valence-electron chi connectivity index (χ0n) is 17.5. The van der Waals surface area contributed by atoms with Crippen LogP contribution in [0.25, 0.3) is 0 Å². The van der Waals surface area contributed by atoms with Gasteiger partial charge in [0.15, 0.2) is 0 Å². The van der Waals surface area contributed by atoms with Crippen LogP contribution < -0.4 is 10.1 Å². The second-order valence-electron chi connectivity index (χ2n) is 7.85. The van der Waals surface area contributed by atoms with E-state index in [4.69, 9.17) is 27.9 Å². The Morgan fingerprint density at radius 1 is 1.13 bits per heavy atom. The van der Waals surface area contributed by atoms with Crippen molar-refractivity contribution in [3.63, 3.8) is 0 Å². The fourth-order valence-electron chi connectivity index (χ4n) is 3.46. The van der Waals surface area contributed by atoms with E-state index in [-0.39, 0.29) is 23.7 Å². The van der Waals surface area contributed by atoms with E-state index in [0.29, 0.717) is 47.2 Å². The predicted octanol–water partition coefficient (Wildman–Crippen LogP) is 4.96. The number of hydrogen-bond acceptors (Lipinski definition) is 4. The molecule has 2 aromatic carbocycles. The quantitative estimate of drug-likeness (QED) is 0.602. The second kappa shape index (κ2) is 10.2. The molecule has 0 spiro atoms. The minimum Gasteiger partial charge on any atom is -0.491 e. The Kier molecular flexibility index (Phi) is 7.86. The van der Waals surface area contributed by atoms with E-state index in [1.54, 1.807) is 24.3 Å². The lowest BCUT2D eigenvalue weighted by atomic mass is 9.97. The molecule has 1 saturated heterocycles. The predicted molar refractivity (Wildman–Crippen MR) is 124 cm³/mol. The summed E-state index contributed by atoms with van der Waals surface area (Å²) >= 11 is 12.0. The number of amides is 1. The first-order valence-electron chi connectivity index (χ1n) is 10.1. The molecule has 9 heteroatoms. The molecule has 1 N–H and O–H groups in total. The molecule has 0 aliphatic carbocycles. The van der Waals surface area contributed by atoms with Gasteiger partial charge >= 0.3 is 0 Å². The Balaban J connectivity index is 1.54. The van der Waals surface area contributed by atoms with Gasteiger partial charge in [0.2, 0.25) is 15.9 Å². The van der Waals surface area contributed by atoms with Crippen molar-refractivity contribution >= 4 is 44.8 Å². The minimum absolute atomic E-state index is 0.0811. The number of piperidine rings is 1. The number of anilines is 1. The van der Waals surface area contributed by atoms with Gasteiger partial charge in [-0.05, 0) is 68.7 Å². The molecule has 3 rings (SSSR count). The highest BCUT2D eigenvalue weighted by molar-refractivity contribution is 7.88. The number of rotatable bonds is 7. The molecule has 168 valence electrons. The first-order valence-corrected chi connectivity index (χ1v) is 12.5. The SMILES string of the molecule is CC(C)Oc1ccc(NC(=O)C2CCN(S(=O)(=O)Cc3ccc(Cl)cc3Cl)CC2)cc1. The molecule has 1 aliphatic rings. The minimum atomic E-state index is -3.53. The topological polar surface area (TPSA) is 75.7 Å². The van der Waals surface area contributed by atoms with Crippen LogP contribution in [0.3, 0.4) is 0 Å². The number of carbonyl (C=O) groups excluding carboxylic acids is 1. The molecule has 0 bridgehead atoms. The molecule has 1 fully saturated rings. The summed E-state index contributed by atoms with van der Waals surface area (Å²) in [5, 5.41) is 3.69. The average molecular weight is 485 g/mol. The third-order valence-corrected chi connectivity index (χ3v) is 7.48. The first kappa shape index (κ1) is 23.9. The zero-order chi connectivity index (χ0) is 22.6. The van der Waals surface area contributed by atoms with Gasteiger partial charge in [-0.1, -0.05) is 29.3 Å². The molecule has 0 atom stereocenters. The van der Waals surface area contributed by atoms with Gasteiger partial charge in [0.25, 0.3) is 0 Å². The standard InChI is InChI=1S/C22H26Cl2N2O4S/c1-15(2)30-20-7-5-19(6-8-20)25-22(27)16-9-11-26(12-10-16)31(28,29)14-17-3-4-18(23)13-21(17)24/h3-8,13,15-16H,9-12,14H2,1-2H3,(H,25,27). The summed E-state index contributed by atoms with van der Waals surface area (Å²) < 4.78 is 32.6. The zero-order valence-corrected chi connectivity index (χ0v) is 19.8. The van der Waals surface area contributed by atoms with Crippen molar-refractivity contribution in [2.75, 3.05) is 18.4 Å². The van der Waals surface area contributed by atoms with E-state index in [2.05, 4.69) is 5.32 Å². The van der Waals surface area contributed by atoms with Gasteiger partial charge in [-0.15, -0.1) is 0 Å². The highest BCUT2D eigenvalue weighted by Crippen LogP contribution is 2.27. The molecule has 0 aromatic heterocycles. The maximum absolute atomic E-state index is 12.8. The maximum atomic E-state index is 12.8. The van der Waals surface area contributed by atoms with Crippen LogP contribution >= 0.6 is 23.2 Å². The number of carbonyl (C=O) groups is 1. The number of hydrogen-bond donors (Lipinski definition) is 1. The fourth-order valence-corrected chi connectivity index (χ4v) is 5.61. The first-order chi connectivity index (χ1) is 14.6. The molecule has 1 aliphatic heterocycles. The molecule has 0 unspecified atom stereocenters. The third kappa shape index (κ3) is 6.59. The van der Waals surface area contributed by atoms with E-state index in [9.17, 15) is 13.2 Å². The highest BCUT2D eigenvalue weighted by Gasteiger charge is 2.31. The van der Waals surface area contributed by atoms with Crippen molar-refractivity contribution < 1.29 is 17.9 Å². The third-order valence-electron chi connectivity index (χ3n) is 5.06. The van der Waals surface area contributed by atoms with Gasteiger partial charge in [-0.2, -0.15) is 0 Å². The van der Waals surface area contributed by atoms with E-state index in [1.165, 1.54) is 10.4 Å². The molecule has 2 aromatic rings. The summed E-state index contributed by atoms with van der Waals surface area (Å²) in [7, 11) is -3.53. The van der Waals surface area contributed by atoms with Crippen LogP contribution in [0, 0.1) is 5.92 Å². The Hall–Kier alpha value is -1.80. The molecular weight excluding hydrogens is 459 g/mol. The van der Waals surface area contributed by atoms with Crippen molar-refractivity contribution in [1.29, 1.82) is 0 Å². The normalized spacial score (nSPS) is 15.8. The van der Waals surface area contributed by atoms with Gasteiger partial charge in [0.1, 0.15) is 5.75 Å². The fraction of sp³-hybridized carbons (Fsp3) is 0.409. The number of sulfonamides is 1. The van der Waals surface area contributed by atoms with E-state index in [0.717, 1.165) is 5.75 Å². The summed E-state index contributed by atoms with van der Waals surface area (Å²) in [5.41, 5.74) is 1.20. The van der Waals surface area contributed by atoms with Crippen LogP contribution in [0.2, 0.25) is 10.0 Å². The second-order valence-corrected chi connectivity index (χ2v) is 10.7. The number of nitrogens with zero attached hydrogens (tertiary/aromatic N) is 1. The Labute approximate surface area is 193 Å². The van der Waals surface area contributed by atoms with E-state index in [1.807, 2.05) is 26.0 Å². The van der Waals surface area contributed by atoms with Gasteiger partial charge in [-0.3, -0.25) is 4.79 Å². The van der Waals surface area contributed by atoms with E-state index < -0.39 is 10.0 Å². The smallest absolute Gasteiger partial charge is 0.227 e. The lowest BCUT2D eigenvalue weighted by Crippen LogP contribution is -2.41. The Bertz CT molecular complexity index is 1020. The van der Waals surface area contributed by atoms with Gasteiger partial charge in [-0.25, -0.2) is 12.7 Å². The molecule has 1 amide bonds. The molecule has 31 heavy (non-hydrogen) atoms. The summed E-state index contributed by atoms with van der Waals surface area (Å²) in [4.78, 5) is 12.6. The van der Waals surface area contributed by atoms with Crippen LogP contribution in [-0.4, -0.2) is 37.8 Å². The van der Waals surface area contributed by atoms with Crippen molar-refractivity contribution in [2.45, 2.75) is 38.5 Å². The summed E-state index contributed by atoms with van der Waals surface area (Å²) in [5.74, 6) is 0.213. The molecular formula is C22H26Cl2N2O4S. The van der Waals surface area contributed by atoms with E-state index >= 15 is 0 Å². The average Bonchev–Trinajstić information content (AvgIpc) is 2.71. The van der Waals surface area contributed by atoms with Crippen LogP contribution in [-0.2, 0) is 20.6 Å². The van der Waals surface area contributed by atoms with Gasteiger partial charge < -0.3 is 10.1 Å². The lowest BCUT2D eigenvalue weighted by Gasteiger charge is -2.30. The van der Waals surface area contributed by atoms with Crippen LogP contribution in [0.15, 0.2) is 42.5 Å². The van der Waals surface area contributed by atoms with Crippen molar-refractivity contribution in [3.8, 4) is 5.75 Å². The number of ether oxygens (including phenoxy) is 1. The van der Waals surface area contributed by atoms with Crippen LogP contribution in [0.5, 0.6) is 5.75 Å². The highest BCUT2D eigenvalue weighted by atomic mass is 35.5. The Morgan fingerprint density at radius 3 is 2.35 bits per heavy atom. The lowest BCUT2D eigenvalue weighted by molar-refractivity contribution is -0.120. The van der Waals surface area contributed by atoms with Crippen molar-refractivity contribution in [3.05, 3.63) is 58.1 Å². The van der Waals surface area contributed by atoms with Gasteiger partial charge in [0, 0.05) is 34.7 Å². The number of benzene rings is 2. The summed E-state index contributed by atoms with van der Waals surface area (Å²) in [6.45, 7) is 4.50. The van der Waals surface area contributed by atoms with Crippen LogP contribution in [0.4, 0.5) is 5.69 Å². The summed E-state index contributed by atoms with van der Waals surface area (Å²) in [6.07, 6.45) is 1.01.